The van der Waals surface area contributed by atoms with Crippen LogP contribution in [0.3, 0.4) is 0 Å². The molecular weight excluding hydrogens is 256 g/mol. The number of rotatable bonds is 6. The summed E-state index contributed by atoms with van der Waals surface area (Å²) in [6.07, 6.45) is 0.224. The number of carbonyl (C=O) groups is 1. The van der Waals surface area contributed by atoms with Gasteiger partial charge in [-0.3, -0.25) is 4.79 Å². The van der Waals surface area contributed by atoms with Gasteiger partial charge in [-0.1, -0.05) is 11.6 Å². The monoisotopic (exact) mass is 272 g/mol. The Bertz CT molecular complexity index is 404. The third-order valence-electron chi connectivity index (χ3n) is 2.43. The van der Waals surface area contributed by atoms with Crippen molar-refractivity contribution in [1.82, 2.24) is 0 Å². The quantitative estimate of drug-likeness (QED) is 0.639. The molecule has 0 saturated carbocycles. The molecule has 0 spiro atoms. The number of methoxy groups -OCH3 is 1. The van der Waals surface area contributed by atoms with Crippen molar-refractivity contribution >= 4 is 17.6 Å². The van der Waals surface area contributed by atoms with Gasteiger partial charge in [0.15, 0.2) is 0 Å². The fourth-order valence-corrected chi connectivity index (χ4v) is 1.66. The minimum atomic E-state index is -0.653. The van der Waals surface area contributed by atoms with E-state index in [9.17, 15) is 9.90 Å². The molecular formula is C13H17ClO4. The highest BCUT2D eigenvalue weighted by Crippen LogP contribution is 2.28. The topological polar surface area (TPSA) is 55.8 Å². The van der Waals surface area contributed by atoms with Crippen LogP contribution in [0.15, 0.2) is 18.2 Å². The molecule has 0 bridgehead atoms. The van der Waals surface area contributed by atoms with Gasteiger partial charge in [0.05, 0.1) is 19.8 Å². The first-order valence-corrected chi connectivity index (χ1v) is 6.09. The van der Waals surface area contributed by atoms with Crippen molar-refractivity contribution in [2.24, 2.45) is 0 Å². The number of hydrogen-bond acceptors (Lipinski definition) is 4. The second-order valence-corrected chi connectivity index (χ2v) is 4.32. The highest BCUT2D eigenvalue weighted by molar-refractivity contribution is 6.30. The summed E-state index contributed by atoms with van der Waals surface area (Å²) in [4.78, 5) is 10.9. The third kappa shape index (κ3) is 4.55. The van der Waals surface area contributed by atoms with E-state index < -0.39 is 6.10 Å². The maximum absolute atomic E-state index is 10.9. The first-order chi connectivity index (χ1) is 8.54. The summed E-state index contributed by atoms with van der Waals surface area (Å²) in [5.41, 5.74) is 0.639. The van der Waals surface area contributed by atoms with Gasteiger partial charge in [0, 0.05) is 17.0 Å². The molecule has 1 aromatic rings. The predicted molar refractivity (Wildman–Crippen MR) is 68.8 cm³/mol. The molecule has 1 atom stereocenters. The zero-order chi connectivity index (χ0) is 13.5. The molecule has 0 aliphatic rings. The van der Waals surface area contributed by atoms with E-state index >= 15 is 0 Å². The van der Waals surface area contributed by atoms with E-state index in [0.717, 1.165) is 0 Å². The summed E-state index contributed by atoms with van der Waals surface area (Å²) >= 11 is 5.85. The van der Waals surface area contributed by atoms with Gasteiger partial charge in [-0.25, -0.2) is 0 Å². The van der Waals surface area contributed by atoms with Gasteiger partial charge in [0.25, 0.3) is 0 Å². The number of halogens is 1. The minimum absolute atomic E-state index is 0.259. The molecule has 0 heterocycles. The third-order valence-corrected chi connectivity index (χ3v) is 2.67. The van der Waals surface area contributed by atoms with Gasteiger partial charge in [-0.15, -0.1) is 0 Å². The van der Waals surface area contributed by atoms with Crippen LogP contribution in [0, 0.1) is 0 Å². The molecule has 18 heavy (non-hydrogen) atoms. The van der Waals surface area contributed by atoms with Crippen LogP contribution in [0.25, 0.3) is 0 Å². The molecule has 0 amide bonds. The molecule has 5 heteroatoms. The Morgan fingerprint density at radius 3 is 2.83 bits per heavy atom. The van der Waals surface area contributed by atoms with Crippen LogP contribution >= 0.6 is 11.6 Å². The molecule has 0 aliphatic heterocycles. The lowest BCUT2D eigenvalue weighted by Gasteiger charge is -2.13. The van der Waals surface area contributed by atoms with E-state index in [1.165, 1.54) is 7.11 Å². The van der Waals surface area contributed by atoms with Crippen molar-refractivity contribution in [3.8, 4) is 5.75 Å². The molecule has 0 aromatic heterocycles. The molecule has 1 N–H and O–H groups in total. The van der Waals surface area contributed by atoms with Crippen molar-refractivity contribution < 1.29 is 19.4 Å². The van der Waals surface area contributed by atoms with Gasteiger partial charge >= 0.3 is 5.97 Å². The maximum Gasteiger partial charge on any atom is 0.305 e. The van der Waals surface area contributed by atoms with Gasteiger partial charge < -0.3 is 14.6 Å². The molecule has 0 radical (unpaired) electrons. The normalized spacial score (nSPS) is 12.0. The van der Waals surface area contributed by atoms with Crippen LogP contribution in [-0.4, -0.2) is 24.8 Å². The molecule has 0 saturated heterocycles. The number of hydrogen-bond donors (Lipinski definition) is 1. The zero-order valence-electron chi connectivity index (χ0n) is 10.5. The summed E-state index contributed by atoms with van der Waals surface area (Å²) in [5.74, 6) is 0.324. The summed E-state index contributed by atoms with van der Waals surface area (Å²) in [6.45, 7) is 2.03. The van der Waals surface area contributed by atoms with E-state index in [0.29, 0.717) is 35.8 Å². The van der Waals surface area contributed by atoms with Crippen LogP contribution < -0.4 is 4.74 Å². The first-order valence-electron chi connectivity index (χ1n) is 5.71. The van der Waals surface area contributed by atoms with Crippen LogP contribution in [0.2, 0.25) is 5.02 Å². The predicted octanol–water partition coefficient (Wildman–Crippen LogP) is 2.73. The number of aliphatic hydroxyl groups is 1. The minimum Gasteiger partial charge on any atom is -0.493 e. The second kappa shape index (κ2) is 7.24. The Morgan fingerprint density at radius 2 is 2.22 bits per heavy atom. The van der Waals surface area contributed by atoms with Crippen LogP contribution in [0.4, 0.5) is 0 Å². The second-order valence-electron chi connectivity index (χ2n) is 3.89. The molecule has 4 nitrogen and oxygen atoms in total. The standard InChI is InChI=1S/C13H17ClO4/c1-9(15)11-8-10(14)5-6-12(11)18-7-3-4-13(16)17-2/h5-6,8-9,15H,3-4,7H2,1-2H3/t9-/m0/s1. The Balaban J connectivity index is 2.54. The molecule has 0 aliphatic carbocycles. The van der Waals surface area contributed by atoms with E-state index in [1.54, 1.807) is 25.1 Å². The molecule has 0 unspecified atom stereocenters. The average Bonchev–Trinajstić information content (AvgIpc) is 2.35. The Labute approximate surface area is 111 Å². The first kappa shape index (κ1) is 14.8. The van der Waals surface area contributed by atoms with Crippen molar-refractivity contribution in [3.63, 3.8) is 0 Å². The lowest BCUT2D eigenvalue weighted by atomic mass is 10.1. The average molecular weight is 273 g/mol. The largest absolute Gasteiger partial charge is 0.493 e. The summed E-state index contributed by atoms with van der Waals surface area (Å²) < 4.78 is 10.1. The highest BCUT2D eigenvalue weighted by atomic mass is 35.5. The number of aliphatic hydroxyl groups excluding tert-OH is 1. The van der Waals surface area contributed by atoms with Crippen LogP contribution in [-0.2, 0) is 9.53 Å². The lowest BCUT2D eigenvalue weighted by Crippen LogP contribution is -2.06. The van der Waals surface area contributed by atoms with Gasteiger partial charge in [-0.2, -0.15) is 0 Å². The Hall–Kier alpha value is -1.26. The highest BCUT2D eigenvalue weighted by Gasteiger charge is 2.10. The van der Waals surface area contributed by atoms with E-state index in [4.69, 9.17) is 16.3 Å². The number of carbonyl (C=O) groups excluding carboxylic acids is 1. The van der Waals surface area contributed by atoms with Crippen LogP contribution in [0.5, 0.6) is 5.75 Å². The van der Waals surface area contributed by atoms with Gasteiger partial charge in [0.1, 0.15) is 5.75 Å². The summed E-state index contributed by atoms with van der Waals surface area (Å²) in [7, 11) is 1.36. The number of benzene rings is 1. The number of esters is 1. The SMILES string of the molecule is COC(=O)CCCOc1ccc(Cl)cc1[C@H](C)O. The number of ether oxygens (including phenoxy) is 2. The molecule has 1 rings (SSSR count). The Kier molecular flexibility index (Phi) is 5.95. The van der Waals surface area contributed by atoms with Crippen molar-refractivity contribution in [1.29, 1.82) is 0 Å². The van der Waals surface area contributed by atoms with Gasteiger partial charge in [-0.05, 0) is 31.5 Å². The summed E-state index contributed by atoms with van der Waals surface area (Å²) in [5, 5.41) is 10.1. The van der Waals surface area contributed by atoms with E-state index in [1.807, 2.05) is 0 Å². The van der Waals surface area contributed by atoms with E-state index in [2.05, 4.69) is 4.74 Å². The fraction of sp³-hybridized carbons (Fsp3) is 0.462. The van der Waals surface area contributed by atoms with Crippen molar-refractivity contribution in [2.75, 3.05) is 13.7 Å². The smallest absolute Gasteiger partial charge is 0.305 e. The van der Waals surface area contributed by atoms with Crippen molar-refractivity contribution in [3.05, 3.63) is 28.8 Å². The van der Waals surface area contributed by atoms with Gasteiger partial charge in [0.2, 0.25) is 0 Å². The van der Waals surface area contributed by atoms with E-state index in [-0.39, 0.29) is 5.97 Å². The fourth-order valence-electron chi connectivity index (χ4n) is 1.48. The maximum atomic E-state index is 10.9. The molecule has 0 fully saturated rings. The lowest BCUT2D eigenvalue weighted by molar-refractivity contribution is -0.140. The molecule has 100 valence electrons. The Morgan fingerprint density at radius 1 is 1.50 bits per heavy atom. The van der Waals surface area contributed by atoms with Crippen LogP contribution in [0.1, 0.15) is 31.4 Å². The zero-order valence-corrected chi connectivity index (χ0v) is 11.2. The van der Waals surface area contributed by atoms with Crippen molar-refractivity contribution in [2.45, 2.75) is 25.9 Å². The summed E-state index contributed by atoms with van der Waals surface area (Å²) in [6, 6.07) is 5.08. The molecule has 1 aromatic carbocycles.